The fraction of sp³-hybridized carbons (Fsp3) is 0.118. The van der Waals surface area contributed by atoms with Crippen molar-refractivity contribution in [2.75, 3.05) is 13.2 Å². The number of ether oxygens (including phenoxy) is 1. The Morgan fingerprint density at radius 1 is 1.08 bits per heavy atom. The van der Waals surface area contributed by atoms with E-state index in [1.54, 1.807) is 24.3 Å². The second-order valence-electron chi connectivity index (χ2n) is 4.83. The summed E-state index contributed by atoms with van der Waals surface area (Å²) in [6.45, 7) is 0.0386. The number of benzene rings is 2. The third-order valence-electron chi connectivity index (χ3n) is 3.13. The molecule has 0 saturated carbocycles. The second kappa shape index (κ2) is 9.16. The van der Waals surface area contributed by atoms with E-state index in [-0.39, 0.29) is 24.3 Å². The first-order chi connectivity index (χ1) is 12.2. The molecule has 0 aliphatic heterocycles. The first-order valence-corrected chi connectivity index (χ1v) is 7.36. The van der Waals surface area contributed by atoms with Gasteiger partial charge in [-0.2, -0.15) is 5.10 Å². The summed E-state index contributed by atoms with van der Waals surface area (Å²) in [4.78, 5) is 23.4. The molecule has 2 aromatic rings. The van der Waals surface area contributed by atoms with Crippen LogP contribution < -0.4 is 15.6 Å². The molecular weight excluding hydrogens is 326 g/mol. The number of nitrogens with zero attached hydrogens (tertiary/aromatic N) is 1. The summed E-state index contributed by atoms with van der Waals surface area (Å²) < 4.78 is 5.36. The van der Waals surface area contributed by atoms with E-state index >= 15 is 0 Å². The lowest BCUT2D eigenvalue weighted by atomic mass is 10.1. The van der Waals surface area contributed by atoms with E-state index in [0.717, 1.165) is 0 Å². The summed E-state index contributed by atoms with van der Waals surface area (Å²) in [7, 11) is 0. The van der Waals surface area contributed by atoms with Crippen molar-refractivity contribution in [2.45, 2.75) is 0 Å². The molecule has 4 N–H and O–H groups in total. The summed E-state index contributed by atoms with van der Waals surface area (Å²) in [5.74, 6) is -0.707. The maximum Gasteiger partial charge on any atom is 0.274 e. The van der Waals surface area contributed by atoms with Crippen LogP contribution in [0.3, 0.4) is 0 Å². The zero-order valence-electron chi connectivity index (χ0n) is 13.2. The highest BCUT2D eigenvalue weighted by atomic mass is 16.5. The van der Waals surface area contributed by atoms with E-state index in [0.29, 0.717) is 11.3 Å². The third kappa shape index (κ3) is 5.13. The minimum absolute atomic E-state index is 0.111. The zero-order valence-corrected chi connectivity index (χ0v) is 13.2. The highest BCUT2D eigenvalue weighted by Crippen LogP contribution is 2.15. The van der Waals surface area contributed by atoms with E-state index in [2.05, 4.69) is 10.5 Å². The molecule has 0 fully saturated rings. The number of rotatable bonds is 7. The predicted molar refractivity (Wildman–Crippen MR) is 89.8 cm³/mol. The molecule has 2 rings (SSSR count). The van der Waals surface area contributed by atoms with Gasteiger partial charge < -0.3 is 9.84 Å². The van der Waals surface area contributed by atoms with Crippen LogP contribution >= 0.6 is 0 Å². The molecule has 0 aromatic heterocycles. The zero-order chi connectivity index (χ0) is 18.1. The van der Waals surface area contributed by atoms with E-state index in [1.165, 1.54) is 36.0 Å². The maximum atomic E-state index is 12.1. The topological polar surface area (TPSA) is 120 Å². The number of hydrogen-bond donors (Lipinski definition) is 4. The standard InChI is InChI=1S/C17H17N3O5/c21-8-9-25-15-7-2-1-4-14(15)11-18-19-16(22)12-5-3-6-13(10-12)17(23)20-24/h1-7,10-11,21,24H,8-9H2,(H,19,22)(H,20,23)/b18-11+. The number of hydrazone groups is 1. The number of hydroxylamine groups is 1. The van der Waals surface area contributed by atoms with Gasteiger partial charge >= 0.3 is 0 Å². The van der Waals surface area contributed by atoms with Crippen LogP contribution in [0.4, 0.5) is 0 Å². The summed E-state index contributed by atoms with van der Waals surface area (Å²) in [5, 5.41) is 21.3. The molecular formula is C17H17N3O5. The molecule has 25 heavy (non-hydrogen) atoms. The second-order valence-corrected chi connectivity index (χ2v) is 4.83. The highest BCUT2D eigenvalue weighted by molar-refractivity contribution is 5.99. The van der Waals surface area contributed by atoms with Gasteiger partial charge in [0.15, 0.2) is 0 Å². The lowest BCUT2D eigenvalue weighted by Gasteiger charge is -2.07. The summed E-state index contributed by atoms with van der Waals surface area (Å²) >= 11 is 0. The monoisotopic (exact) mass is 343 g/mol. The average Bonchev–Trinajstić information content (AvgIpc) is 2.66. The molecule has 2 aromatic carbocycles. The van der Waals surface area contributed by atoms with Gasteiger partial charge in [0, 0.05) is 16.7 Å². The van der Waals surface area contributed by atoms with Gasteiger partial charge in [-0.25, -0.2) is 10.9 Å². The van der Waals surface area contributed by atoms with E-state index in [4.69, 9.17) is 15.1 Å². The molecule has 0 bridgehead atoms. The van der Waals surface area contributed by atoms with Gasteiger partial charge in [0.25, 0.3) is 11.8 Å². The van der Waals surface area contributed by atoms with Crippen LogP contribution in [0.25, 0.3) is 0 Å². The largest absolute Gasteiger partial charge is 0.491 e. The fourth-order valence-corrected chi connectivity index (χ4v) is 1.97. The molecule has 8 heteroatoms. The molecule has 8 nitrogen and oxygen atoms in total. The summed E-state index contributed by atoms with van der Waals surface area (Å²) in [6.07, 6.45) is 1.41. The number of amides is 2. The molecule has 0 spiro atoms. The van der Waals surface area contributed by atoms with Crippen LogP contribution in [0.5, 0.6) is 5.75 Å². The van der Waals surface area contributed by atoms with Gasteiger partial charge in [0.05, 0.1) is 12.8 Å². The molecule has 0 aliphatic carbocycles. The number of carbonyl (C=O) groups is 2. The lowest BCUT2D eigenvalue weighted by molar-refractivity contribution is 0.0706. The normalized spacial score (nSPS) is 10.5. The Morgan fingerprint density at radius 2 is 1.80 bits per heavy atom. The fourth-order valence-electron chi connectivity index (χ4n) is 1.97. The van der Waals surface area contributed by atoms with Gasteiger partial charge in [-0.15, -0.1) is 0 Å². The van der Waals surface area contributed by atoms with Crippen LogP contribution in [0.15, 0.2) is 53.6 Å². The summed E-state index contributed by atoms with van der Waals surface area (Å²) in [5.41, 5.74) is 4.83. The first kappa shape index (κ1) is 18.1. The van der Waals surface area contributed by atoms with Crippen molar-refractivity contribution in [1.29, 1.82) is 0 Å². The van der Waals surface area contributed by atoms with Gasteiger partial charge in [0.2, 0.25) is 0 Å². The molecule has 0 aliphatic rings. The van der Waals surface area contributed by atoms with Crippen molar-refractivity contribution in [3.63, 3.8) is 0 Å². The Balaban J connectivity index is 2.05. The Labute approximate surface area is 143 Å². The minimum atomic E-state index is -0.715. The number of carbonyl (C=O) groups excluding carboxylic acids is 2. The van der Waals surface area contributed by atoms with Crippen LogP contribution in [-0.4, -0.2) is 41.6 Å². The lowest BCUT2D eigenvalue weighted by Crippen LogP contribution is -2.21. The molecule has 0 atom stereocenters. The minimum Gasteiger partial charge on any atom is -0.491 e. The van der Waals surface area contributed by atoms with Gasteiger partial charge in [-0.05, 0) is 30.3 Å². The smallest absolute Gasteiger partial charge is 0.274 e. The SMILES string of the molecule is O=C(NO)c1cccc(C(=O)N/N=C/c2ccccc2OCCO)c1. The molecule has 0 unspecified atom stereocenters. The number of aliphatic hydroxyl groups excluding tert-OH is 1. The first-order valence-electron chi connectivity index (χ1n) is 7.36. The van der Waals surface area contributed by atoms with Crippen LogP contribution in [0.1, 0.15) is 26.3 Å². The van der Waals surface area contributed by atoms with Crippen LogP contribution in [-0.2, 0) is 0 Å². The van der Waals surface area contributed by atoms with Crippen molar-refractivity contribution in [2.24, 2.45) is 5.10 Å². The van der Waals surface area contributed by atoms with Gasteiger partial charge in [0.1, 0.15) is 12.4 Å². The van der Waals surface area contributed by atoms with Crippen molar-refractivity contribution in [3.05, 3.63) is 65.2 Å². The van der Waals surface area contributed by atoms with Crippen LogP contribution in [0, 0.1) is 0 Å². The predicted octanol–water partition coefficient (Wildman–Crippen LogP) is 0.941. The van der Waals surface area contributed by atoms with Crippen LogP contribution in [0.2, 0.25) is 0 Å². The van der Waals surface area contributed by atoms with Crippen molar-refractivity contribution in [1.82, 2.24) is 10.9 Å². The van der Waals surface area contributed by atoms with Gasteiger partial charge in [-0.3, -0.25) is 14.8 Å². The van der Waals surface area contributed by atoms with Crippen molar-refractivity contribution < 1.29 is 24.6 Å². The number of aliphatic hydroxyl groups is 1. The maximum absolute atomic E-state index is 12.1. The van der Waals surface area contributed by atoms with E-state index in [9.17, 15) is 9.59 Å². The number of nitrogens with one attached hydrogen (secondary N) is 2. The molecule has 0 heterocycles. The van der Waals surface area contributed by atoms with Crippen molar-refractivity contribution in [3.8, 4) is 5.75 Å². The Kier molecular flexibility index (Phi) is 6.64. The summed E-state index contributed by atoms with van der Waals surface area (Å²) in [6, 6.07) is 12.8. The Bertz CT molecular complexity index is 776. The molecule has 0 radical (unpaired) electrons. The third-order valence-corrected chi connectivity index (χ3v) is 3.13. The molecule has 130 valence electrons. The Hall–Kier alpha value is -3.23. The molecule has 0 saturated heterocycles. The highest BCUT2D eigenvalue weighted by Gasteiger charge is 2.09. The van der Waals surface area contributed by atoms with E-state index < -0.39 is 11.8 Å². The van der Waals surface area contributed by atoms with Crippen molar-refractivity contribution >= 4 is 18.0 Å². The Morgan fingerprint density at radius 3 is 2.52 bits per heavy atom. The quantitative estimate of drug-likeness (QED) is 0.339. The van der Waals surface area contributed by atoms with Gasteiger partial charge in [-0.1, -0.05) is 18.2 Å². The number of hydrogen-bond acceptors (Lipinski definition) is 6. The van der Waals surface area contributed by atoms with E-state index in [1.807, 2.05) is 0 Å². The average molecular weight is 343 g/mol. The molecule has 2 amide bonds. The number of para-hydroxylation sites is 1.